The van der Waals surface area contributed by atoms with Crippen LogP contribution in [0.4, 0.5) is 14.5 Å². The van der Waals surface area contributed by atoms with E-state index in [0.29, 0.717) is 33.0 Å². The summed E-state index contributed by atoms with van der Waals surface area (Å²) >= 11 is 1.45. The van der Waals surface area contributed by atoms with Crippen LogP contribution in [0.25, 0.3) is 11.0 Å². The van der Waals surface area contributed by atoms with E-state index in [-0.39, 0.29) is 5.91 Å². The second-order valence-electron chi connectivity index (χ2n) is 6.41. The number of nitrogens with one attached hydrogen (secondary N) is 2. The Morgan fingerprint density at radius 1 is 1.21 bits per heavy atom. The Morgan fingerprint density at radius 2 is 1.97 bits per heavy atom. The summed E-state index contributed by atoms with van der Waals surface area (Å²) in [6.07, 6.45) is -2.68. The zero-order chi connectivity index (χ0) is 20.5. The minimum atomic E-state index is -2.68. The van der Waals surface area contributed by atoms with Gasteiger partial charge in [-0.15, -0.1) is 0 Å². The number of fused-ring (bicyclic) bond motifs is 1. The first kappa shape index (κ1) is 19.1. The van der Waals surface area contributed by atoms with E-state index in [0.717, 1.165) is 4.90 Å². The van der Waals surface area contributed by atoms with Crippen molar-refractivity contribution in [2.45, 2.75) is 23.3 Å². The van der Waals surface area contributed by atoms with Gasteiger partial charge in [0, 0.05) is 17.6 Å². The Kier molecular flexibility index (Phi) is 5.06. The average molecular weight is 413 g/mol. The largest absolute Gasteiger partial charge is 0.337 e. The quantitative estimate of drug-likeness (QED) is 0.486. The van der Waals surface area contributed by atoms with E-state index in [2.05, 4.69) is 20.4 Å². The van der Waals surface area contributed by atoms with Gasteiger partial charge >= 0.3 is 0 Å². The summed E-state index contributed by atoms with van der Waals surface area (Å²) < 4.78 is 27.3. The van der Waals surface area contributed by atoms with Crippen molar-refractivity contribution >= 4 is 34.4 Å². The molecule has 9 heteroatoms. The van der Waals surface area contributed by atoms with E-state index >= 15 is 0 Å². The van der Waals surface area contributed by atoms with Crippen LogP contribution in [0.2, 0.25) is 0 Å². The lowest BCUT2D eigenvalue weighted by atomic mass is 10.2. The topological polar surface area (TPSA) is 75.6 Å². The number of amides is 1. The third kappa shape index (κ3) is 3.86. The number of halogens is 2. The maximum Gasteiger partial charge on any atom is 0.295 e. The van der Waals surface area contributed by atoms with Crippen LogP contribution in [0.3, 0.4) is 0 Å². The monoisotopic (exact) mass is 413 g/mol. The summed E-state index contributed by atoms with van der Waals surface area (Å²) in [6.45, 7) is 1.77. The zero-order valence-electron chi connectivity index (χ0n) is 15.6. The van der Waals surface area contributed by atoms with Gasteiger partial charge in [0.1, 0.15) is 5.03 Å². The summed E-state index contributed by atoms with van der Waals surface area (Å²) in [5.41, 5.74) is 2.40. The minimum Gasteiger partial charge on any atom is -0.337 e. The Hall–Kier alpha value is -3.20. The van der Waals surface area contributed by atoms with Crippen molar-refractivity contribution in [1.29, 1.82) is 0 Å². The number of carbonyl (C=O) groups is 1. The highest BCUT2D eigenvalue weighted by atomic mass is 32.2. The number of aromatic nitrogens is 4. The first-order chi connectivity index (χ1) is 13.9. The van der Waals surface area contributed by atoms with Gasteiger partial charge in [-0.3, -0.25) is 9.48 Å². The van der Waals surface area contributed by atoms with Gasteiger partial charge in [0.05, 0.1) is 22.3 Å². The van der Waals surface area contributed by atoms with E-state index < -0.39 is 12.2 Å². The second kappa shape index (κ2) is 7.67. The second-order valence-corrected chi connectivity index (χ2v) is 7.48. The lowest BCUT2D eigenvalue weighted by Gasteiger charge is -2.08. The molecule has 2 N–H and O–H groups in total. The lowest BCUT2D eigenvalue weighted by Crippen LogP contribution is -2.13. The van der Waals surface area contributed by atoms with Crippen LogP contribution in [-0.2, 0) is 7.05 Å². The predicted molar refractivity (Wildman–Crippen MR) is 108 cm³/mol. The fourth-order valence-electron chi connectivity index (χ4n) is 3.02. The third-order valence-corrected chi connectivity index (χ3v) is 5.49. The standard InChI is InChI=1S/C20H17F2N5OS/c1-11-16(20(27(2)26-11)29-13-6-4-3-5-7-13)19(28)23-12-8-9-14-15(10-12)25-18(24-14)17(21)22/h3-10,17H,1-2H3,(H,23,28)(H,24,25). The van der Waals surface area contributed by atoms with Crippen molar-refractivity contribution in [2.75, 3.05) is 5.32 Å². The Bertz CT molecular complexity index is 1190. The number of aromatic amines is 1. The summed E-state index contributed by atoms with van der Waals surface area (Å²) in [4.78, 5) is 20.4. The molecule has 148 valence electrons. The first-order valence-corrected chi connectivity index (χ1v) is 9.59. The highest BCUT2D eigenvalue weighted by Crippen LogP contribution is 2.32. The lowest BCUT2D eigenvalue weighted by molar-refractivity contribution is 0.102. The number of nitrogens with zero attached hydrogens (tertiary/aromatic N) is 3. The Morgan fingerprint density at radius 3 is 2.69 bits per heavy atom. The number of hydrogen-bond acceptors (Lipinski definition) is 4. The molecule has 0 aliphatic heterocycles. The van der Waals surface area contributed by atoms with Crippen LogP contribution in [-0.4, -0.2) is 25.7 Å². The molecule has 2 heterocycles. The number of imidazole rings is 1. The minimum absolute atomic E-state index is 0.318. The van der Waals surface area contributed by atoms with Gasteiger partial charge in [-0.05, 0) is 37.3 Å². The molecule has 29 heavy (non-hydrogen) atoms. The van der Waals surface area contributed by atoms with Crippen molar-refractivity contribution in [2.24, 2.45) is 7.05 Å². The molecule has 1 amide bonds. The van der Waals surface area contributed by atoms with Gasteiger partial charge in [0.2, 0.25) is 0 Å². The summed E-state index contributed by atoms with van der Waals surface area (Å²) in [7, 11) is 1.79. The number of benzene rings is 2. The number of hydrogen-bond donors (Lipinski definition) is 2. The van der Waals surface area contributed by atoms with Crippen molar-refractivity contribution in [3.05, 3.63) is 65.6 Å². The summed E-state index contributed by atoms with van der Waals surface area (Å²) in [5.74, 6) is -0.713. The van der Waals surface area contributed by atoms with Crippen LogP contribution < -0.4 is 5.32 Å². The zero-order valence-corrected chi connectivity index (χ0v) is 16.4. The molecule has 0 fully saturated rings. The SMILES string of the molecule is Cc1nn(C)c(Sc2ccccc2)c1C(=O)Nc1ccc2nc(C(F)F)[nH]c2c1. The van der Waals surface area contributed by atoms with Crippen LogP contribution in [0.1, 0.15) is 28.3 Å². The molecule has 0 radical (unpaired) electrons. The fraction of sp³-hybridized carbons (Fsp3) is 0.150. The molecule has 0 spiro atoms. The molecular formula is C20H17F2N5OS. The molecular weight excluding hydrogens is 396 g/mol. The molecule has 0 bridgehead atoms. The smallest absolute Gasteiger partial charge is 0.295 e. The molecule has 0 saturated carbocycles. The fourth-order valence-corrected chi connectivity index (χ4v) is 4.05. The van der Waals surface area contributed by atoms with Crippen LogP contribution in [0.5, 0.6) is 0 Å². The van der Waals surface area contributed by atoms with E-state index in [1.54, 1.807) is 36.9 Å². The normalized spacial score (nSPS) is 11.3. The van der Waals surface area contributed by atoms with Gasteiger partial charge < -0.3 is 10.3 Å². The maximum atomic E-state index is 13.0. The average Bonchev–Trinajstić information content (AvgIpc) is 3.23. The van der Waals surface area contributed by atoms with Crippen molar-refractivity contribution in [1.82, 2.24) is 19.7 Å². The van der Waals surface area contributed by atoms with Crippen LogP contribution in [0.15, 0.2) is 58.5 Å². The summed E-state index contributed by atoms with van der Waals surface area (Å²) in [5, 5.41) is 7.92. The number of anilines is 1. The summed E-state index contributed by atoms with van der Waals surface area (Å²) in [6, 6.07) is 14.5. The molecule has 0 atom stereocenters. The van der Waals surface area contributed by atoms with Gasteiger partial charge in [-0.1, -0.05) is 30.0 Å². The van der Waals surface area contributed by atoms with Gasteiger partial charge in [-0.25, -0.2) is 13.8 Å². The molecule has 0 aliphatic carbocycles. The first-order valence-electron chi connectivity index (χ1n) is 8.78. The maximum absolute atomic E-state index is 13.0. The number of rotatable bonds is 5. The molecule has 2 aromatic carbocycles. The predicted octanol–water partition coefficient (Wildman–Crippen LogP) is 4.95. The van der Waals surface area contributed by atoms with Crippen LogP contribution >= 0.6 is 11.8 Å². The molecule has 0 aliphatic rings. The van der Waals surface area contributed by atoms with Crippen molar-refractivity contribution < 1.29 is 13.6 Å². The van der Waals surface area contributed by atoms with Gasteiger partial charge in [0.15, 0.2) is 5.82 Å². The highest BCUT2D eigenvalue weighted by Gasteiger charge is 2.22. The van der Waals surface area contributed by atoms with E-state index in [1.165, 1.54) is 11.8 Å². The number of aryl methyl sites for hydroxylation is 2. The van der Waals surface area contributed by atoms with E-state index in [9.17, 15) is 13.6 Å². The van der Waals surface area contributed by atoms with Gasteiger partial charge in [-0.2, -0.15) is 5.10 Å². The van der Waals surface area contributed by atoms with E-state index in [1.807, 2.05) is 30.3 Å². The van der Waals surface area contributed by atoms with Crippen molar-refractivity contribution in [3.63, 3.8) is 0 Å². The number of alkyl halides is 2. The highest BCUT2D eigenvalue weighted by molar-refractivity contribution is 7.99. The molecule has 6 nitrogen and oxygen atoms in total. The number of H-pyrrole nitrogens is 1. The molecule has 2 aromatic heterocycles. The molecule has 0 saturated heterocycles. The molecule has 4 aromatic rings. The number of carbonyl (C=O) groups excluding carboxylic acids is 1. The molecule has 0 unspecified atom stereocenters. The van der Waals surface area contributed by atoms with E-state index in [4.69, 9.17) is 0 Å². The van der Waals surface area contributed by atoms with Crippen LogP contribution in [0, 0.1) is 6.92 Å². The Balaban J connectivity index is 1.62. The van der Waals surface area contributed by atoms with Gasteiger partial charge in [0.25, 0.3) is 12.3 Å². The third-order valence-electron chi connectivity index (χ3n) is 4.32. The molecule has 4 rings (SSSR count). The Labute approximate surface area is 169 Å². The van der Waals surface area contributed by atoms with Crippen molar-refractivity contribution in [3.8, 4) is 0 Å².